The fraction of sp³-hybridized carbons (Fsp3) is 0.375. The van der Waals surface area contributed by atoms with Gasteiger partial charge in [0.05, 0.1) is 22.3 Å². The molecule has 0 saturated carbocycles. The normalized spacial score (nSPS) is 16.8. The number of carbonyl (C=O) groups is 2. The number of nitrogens with one attached hydrogen (secondary N) is 1. The first-order valence-electron chi connectivity index (χ1n) is 14.3. The van der Waals surface area contributed by atoms with Gasteiger partial charge in [-0.25, -0.2) is 8.78 Å². The third kappa shape index (κ3) is 8.97. The molecule has 1 heterocycles. The van der Waals surface area contributed by atoms with Gasteiger partial charge in [-0.15, -0.1) is 0 Å². The van der Waals surface area contributed by atoms with Crippen LogP contribution < -0.4 is 16.8 Å². The zero-order chi connectivity index (χ0) is 31.1. The number of unbranched alkanes of at least 4 members (excludes halogenated alkanes) is 1. The Morgan fingerprint density at radius 1 is 0.930 bits per heavy atom. The molecule has 11 heteroatoms. The lowest BCUT2D eigenvalue weighted by molar-refractivity contribution is -0.127. The summed E-state index contributed by atoms with van der Waals surface area (Å²) < 4.78 is 27.1. The average Bonchev–Trinajstić information content (AvgIpc) is 2.96. The van der Waals surface area contributed by atoms with Gasteiger partial charge < -0.3 is 16.8 Å². The average molecular weight is 633 g/mol. The van der Waals surface area contributed by atoms with Gasteiger partial charge >= 0.3 is 0 Å². The summed E-state index contributed by atoms with van der Waals surface area (Å²) in [6, 6.07) is 15.3. The summed E-state index contributed by atoms with van der Waals surface area (Å²) in [6.07, 6.45) is 2.53. The molecule has 0 bridgehead atoms. The van der Waals surface area contributed by atoms with Gasteiger partial charge in [-0.05, 0) is 79.4 Å². The van der Waals surface area contributed by atoms with E-state index in [4.69, 9.17) is 34.7 Å². The van der Waals surface area contributed by atoms with Crippen molar-refractivity contribution in [1.29, 1.82) is 0 Å². The molecule has 3 aromatic rings. The van der Waals surface area contributed by atoms with E-state index < -0.39 is 11.9 Å². The predicted molar refractivity (Wildman–Crippen MR) is 167 cm³/mol. The first kappa shape index (κ1) is 32.8. The summed E-state index contributed by atoms with van der Waals surface area (Å²) in [5, 5.41) is 3.32. The van der Waals surface area contributed by atoms with Crippen LogP contribution in [-0.4, -0.2) is 60.4 Å². The molecule has 1 aliphatic rings. The Balaban J connectivity index is 1.31. The largest absolute Gasteiger partial charge is 0.368 e. The van der Waals surface area contributed by atoms with Crippen LogP contribution in [0.2, 0.25) is 10.0 Å². The molecular weight excluding hydrogens is 595 g/mol. The van der Waals surface area contributed by atoms with E-state index in [0.29, 0.717) is 25.3 Å². The lowest BCUT2D eigenvalue weighted by atomic mass is 9.87. The molecular formula is C32H37Cl2F2N5O2. The van der Waals surface area contributed by atoms with Crippen molar-refractivity contribution in [2.75, 3.05) is 38.0 Å². The van der Waals surface area contributed by atoms with Crippen molar-refractivity contribution >= 4 is 40.7 Å². The number of rotatable bonds is 12. The second-order valence-corrected chi connectivity index (χ2v) is 11.9. The van der Waals surface area contributed by atoms with Crippen LogP contribution in [0.4, 0.5) is 14.5 Å². The highest BCUT2D eigenvalue weighted by molar-refractivity contribution is 6.39. The van der Waals surface area contributed by atoms with Gasteiger partial charge in [0.2, 0.25) is 11.8 Å². The maximum Gasteiger partial charge on any atom is 0.238 e. The molecule has 4 rings (SSSR count). The fourth-order valence-corrected chi connectivity index (χ4v) is 6.08. The number of nitrogens with two attached hydrogens (primary N) is 2. The van der Waals surface area contributed by atoms with Crippen molar-refractivity contribution in [3.63, 3.8) is 0 Å². The molecule has 230 valence electrons. The Kier molecular flexibility index (Phi) is 11.5. The number of hydrogen-bond donors (Lipinski definition) is 3. The molecule has 1 aliphatic heterocycles. The molecule has 0 aliphatic carbocycles. The summed E-state index contributed by atoms with van der Waals surface area (Å²) in [6.45, 7) is 4.08. The van der Waals surface area contributed by atoms with Crippen molar-refractivity contribution in [3.8, 4) is 0 Å². The van der Waals surface area contributed by atoms with Gasteiger partial charge in [0, 0.05) is 31.6 Å². The minimum atomic E-state index is -0.628. The van der Waals surface area contributed by atoms with E-state index in [2.05, 4.69) is 10.2 Å². The SMILES string of the molecule is CC(N)c1cc(Cl)c(NC(=O)CN2CCN(CCCCC(c3ccc(F)cc3)c3ccc(F)cc3)CC2C(N)=O)c(Cl)c1. The number of amides is 2. The quantitative estimate of drug-likeness (QED) is 0.222. The van der Waals surface area contributed by atoms with Crippen molar-refractivity contribution in [2.45, 2.75) is 44.2 Å². The predicted octanol–water partition coefficient (Wildman–Crippen LogP) is 5.70. The maximum atomic E-state index is 13.5. The monoisotopic (exact) mass is 631 g/mol. The number of halogens is 4. The molecule has 2 unspecified atom stereocenters. The molecule has 0 radical (unpaired) electrons. The van der Waals surface area contributed by atoms with Crippen LogP contribution in [0.15, 0.2) is 60.7 Å². The van der Waals surface area contributed by atoms with Gasteiger partial charge in [0.25, 0.3) is 0 Å². The number of nitrogens with zero attached hydrogens (tertiary/aromatic N) is 2. The zero-order valence-corrected chi connectivity index (χ0v) is 25.6. The highest BCUT2D eigenvalue weighted by Crippen LogP contribution is 2.34. The van der Waals surface area contributed by atoms with Crippen molar-refractivity contribution in [1.82, 2.24) is 9.80 Å². The topological polar surface area (TPSA) is 105 Å². The van der Waals surface area contributed by atoms with E-state index in [1.807, 2.05) is 6.92 Å². The molecule has 0 spiro atoms. The minimum Gasteiger partial charge on any atom is -0.368 e. The Bertz CT molecular complexity index is 1340. The fourth-order valence-electron chi connectivity index (χ4n) is 5.48. The van der Waals surface area contributed by atoms with Crippen LogP contribution in [0.1, 0.15) is 54.8 Å². The summed E-state index contributed by atoms with van der Waals surface area (Å²) in [7, 11) is 0. The number of piperazine rings is 1. The van der Waals surface area contributed by atoms with Crippen LogP contribution in [-0.2, 0) is 9.59 Å². The first-order chi connectivity index (χ1) is 20.5. The van der Waals surface area contributed by atoms with E-state index in [1.54, 1.807) is 41.3 Å². The zero-order valence-electron chi connectivity index (χ0n) is 24.0. The van der Waals surface area contributed by atoms with E-state index in [1.165, 1.54) is 24.3 Å². The molecule has 43 heavy (non-hydrogen) atoms. The van der Waals surface area contributed by atoms with Gasteiger partial charge in [0.15, 0.2) is 0 Å². The summed E-state index contributed by atoms with van der Waals surface area (Å²) in [5.74, 6) is -1.45. The number of hydrogen-bond acceptors (Lipinski definition) is 5. The summed E-state index contributed by atoms with van der Waals surface area (Å²) >= 11 is 12.7. The van der Waals surface area contributed by atoms with Crippen LogP contribution in [0, 0.1) is 11.6 Å². The Morgan fingerprint density at radius 2 is 1.49 bits per heavy atom. The van der Waals surface area contributed by atoms with E-state index in [9.17, 15) is 18.4 Å². The molecule has 7 nitrogen and oxygen atoms in total. The molecule has 2 atom stereocenters. The maximum absolute atomic E-state index is 13.5. The van der Waals surface area contributed by atoms with Crippen molar-refractivity contribution < 1.29 is 18.4 Å². The minimum absolute atomic E-state index is 0.00634. The van der Waals surface area contributed by atoms with Gasteiger partial charge in [-0.2, -0.15) is 0 Å². The molecule has 0 aromatic heterocycles. The molecule has 5 N–H and O–H groups in total. The summed E-state index contributed by atoms with van der Waals surface area (Å²) in [4.78, 5) is 29.2. The van der Waals surface area contributed by atoms with Gasteiger partial charge in [-0.1, -0.05) is 53.9 Å². The lowest BCUT2D eigenvalue weighted by Crippen LogP contribution is -2.59. The van der Waals surface area contributed by atoms with E-state index in [-0.39, 0.29) is 46.1 Å². The third-order valence-corrected chi connectivity index (χ3v) is 8.46. The van der Waals surface area contributed by atoms with Crippen LogP contribution >= 0.6 is 23.2 Å². The van der Waals surface area contributed by atoms with Crippen LogP contribution in [0.3, 0.4) is 0 Å². The third-order valence-electron chi connectivity index (χ3n) is 7.87. The molecule has 2 amide bonds. The smallest absolute Gasteiger partial charge is 0.238 e. The highest BCUT2D eigenvalue weighted by atomic mass is 35.5. The second kappa shape index (κ2) is 15.1. The lowest BCUT2D eigenvalue weighted by Gasteiger charge is -2.39. The second-order valence-electron chi connectivity index (χ2n) is 11.0. The molecule has 1 saturated heterocycles. The molecule has 3 aromatic carbocycles. The first-order valence-corrected chi connectivity index (χ1v) is 15.1. The number of anilines is 1. The van der Waals surface area contributed by atoms with Gasteiger partial charge in [-0.3, -0.25) is 19.4 Å². The van der Waals surface area contributed by atoms with Crippen LogP contribution in [0.25, 0.3) is 0 Å². The molecule has 1 fully saturated rings. The number of benzene rings is 3. The van der Waals surface area contributed by atoms with Crippen molar-refractivity contribution in [2.24, 2.45) is 11.5 Å². The van der Waals surface area contributed by atoms with E-state index in [0.717, 1.165) is 42.5 Å². The Labute approximate surface area is 261 Å². The Morgan fingerprint density at radius 3 is 2.00 bits per heavy atom. The van der Waals surface area contributed by atoms with Gasteiger partial charge in [0.1, 0.15) is 17.7 Å². The van der Waals surface area contributed by atoms with Crippen molar-refractivity contribution in [3.05, 3.63) is 99.0 Å². The number of carbonyl (C=O) groups excluding carboxylic acids is 2. The number of primary amides is 1. The summed E-state index contributed by atoms with van der Waals surface area (Å²) in [5.41, 5.74) is 14.6. The van der Waals surface area contributed by atoms with E-state index >= 15 is 0 Å². The Hall–Kier alpha value is -3.08. The van der Waals surface area contributed by atoms with Crippen LogP contribution in [0.5, 0.6) is 0 Å². The standard InChI is InChI=1S/C32H37Cl2F2N5O2/c1-20(37)23-16-27(33)31(28(34)17-23)39-30(42)19-41-15-14-40(18-29(41)32(38)43)13-3-2-4-26(21-5-9-24(35)10-6-21)22-7-11-25(36)12-8-22/h5-12,16-17,20,26,29H,2-4,13-15,18-19,37H2,1H3,(H2,38,43)(H,39,42). The highest BCUT2D eigenvalue weighted by Gasteiger charge is 2.32.